The Morgan fingerprint density at radius 3 is 1.05 bits per heavy atom. The number of aliphatic hydroxyl groups excluding tert-OH is 7. The summed E-state index contributed by atoms with van der Waals surface area (Å²) in [6.07, 6.45) is -8.68. The highest BCUT2D eigenvalue weighted by Gasteiger charge is 2.33. The van der Waals surface area contributed by atoms with Gasteiger partial charge in [0.15, 0.2) is 0 Å². The second-order valence-electron chi connectivity index (χ2n) is 3.48. The van der Waals surface area contributed by atoms with E-state index in [-0.39, 0.29) is 0 Å². The van der Waals surface area contributed by atoms with Gasteiger partial charge in [-0.05, 0) is 0 Å². The normalized spacial score (nSPS) is 19.7. The molecule has 0 aliphatic carbocycles. The predicted molar refractivity (Wildman–Crippen MR) is 58.5 cm³/mol. The molecule has 0 spiro atoms. The van der Waals surface area contributed by atoms with Gasteiger partial charge in [-0.1, -0.05) is 0 Å². The van der Waals surface area contributed by atoms with Crippen molar-refractivity contribution in [3.63, 3.8) is 0 Å². The second kappa shape index (κ2) is 9.69. The number of aliphatic hydroxyl groups is 7. The van der Waals surface area contributed by atoms with E-state index in [0.29, 0.717) is 0 Å². The molecule has 0 aromatic carbocycles. The van der Waals surface area contributed by atoms with E-state index in [1.807, 2.05) is 0 Å². The third-order valence-electron chi connectivity index (χ3n) is 1.86. The van der Waals surface area contributed by atoms with Crippen molar-refractivity contribution in [3.05, 3.63) is 0 Å². The summed E-state index contributed by atoms with van der Waals surface area (Å²) in [6.45, 7) is -1.58. The standard InChI is InChI=1S/C7H16O7.H3O4P/c8-1-3(10)5(12)7(14)6(13)4(11)2-9;1-5(2,3)4/h3-14H,1-2H2;(H3,1,2,3,4). The molecule has 0 fully saturated rings. The summed E-state index contributed by atoms with van der Waals surface area (Å²) >= 11 is 0. The average molecular weight is 310 g/mol. The zero-order valence-electron chi connectivity index (χ0n) is 9.63. The number of hydrogen-bond acceptors (Lipinski definition) is 8. The van der Waals surface area contributed by atoms with Crippen LogP contribution in [0, 0.1) is 0 Å². The lowest BCUT2D eigenvalue weighted by molar-refractivity contribution is -0.145. The molecule has 0 saturated heterocycles. The van der Waals surface area contributed by atoms with Crippen LogP contribution in [0.3, 0.4) is 0 Å². The van der Waals surface area contributed by atoms with Crippen LogP contribution < -0.4 is 0 Å². The number of phosphoric acid groups is 1. The first-order valence-electron chi connectivity index (χ1n) is 4.86. The summed E-state index contributed by atoms with van der Waals surface area (Å²) in [5, 5.41) is 61.9. The molecule has 0 saturated carbocycles. The lowest BCUT2D eigenvalue weighted by atomic mass is 10.00. The molecule has 0 bridgehead atoms. The topological polar surface area (TPSA) is 219 Å². The minimum Gasteiger partial charge on any atom is -0.394 e. The van der Waals surface area contributed by atoms with Gasteiger partial charge in [0.05, 0.1) is 13.2 Å². The summed E-state index contributed by atoms with van der Waals surface area (Å²) < 4.78 is 8.88. The van der Waals surface area contributed by atoms with Gasteiger partial charge in [-0.2, -0.15) is 0 Å². The van der Waals surface area contributed by atoms with Crippen LogP contribution >= 0.6 is 7.82 Å². The van der Waals surface area contributed by atoms with Gasteiger partial charge in [0, 0.05) is 0 Å². The van der Waals surface area contributed by atoms with Crippen molar-refractivity contribution < 1.29 is 55.0 Å². The first kappa shape index (κ1) is 21.1. The molecular formula is C7H19O11P. The molecule has 4 unspecified atom stereocenters. The maximum atomic E-state index is 9.15. The lowest BCUT2D eigenvalue weighted by Crippen LogP contribution is -2.50. The third-order valence-corrected chi connectivity index (χ3v) is 1.86. The van der Waals surface area contributed by atoms with E-state index in [4.69, 9.17) is 55.0 Å². The first-order valence-corrected chi connectivity index (χ1v) is 6.42. The summed E-state index contributed by atoms with van der Waals surface area (Å²) in [5.74, 6) is 0. The van der Waals surface area contributed by atoms with Gasteiger partial charge in [0.25, 0.3) is 0 Å². The molecule has 0 heterocycles. The predicted octanol–water partition coefficient (Wildman–Crippen LogP) is -5.15. The Kier molecular flexibility index (Phi) is 10.8. The van der Waals surface area contributed by atoms with E-state index in [9.17, 15) is 0 Å². The van der Waals surface area contributed by atoms with Crippen molar-refractivity contribution in [2.45, 2.75) is 30.5 Å². The summed E-state index contributed by atoms with van der Waals surface area (Å²) in [4.78, 5) is 21.6. The molecule has 0 aliphatic rings. The maximum absolute atomic E-state index is 9.15. The SMILES string of the molecule is O=P(O)(O)O.OCC(O)C(O)C(O)C(O)C(O)CO. The molecular weight excluding hydrogens is 291 g/mol. The summed E-state index contributed by atoms with van der Waals surface area (Å²) in [5.41, 5.74) is 0. The van der Waals surface area contributed by atoms with Crippen LogP contribution in [0.4, 0.5) is 0 Å². The van der Waals surface area contributed by atoms with Crippen LogP contribution in [0.1, 0.15) is 0 Å². The van der Waals surface area contributed by atoms with Crippen molar-refractivity contribution in [3.8, 4) is 0 Å². The highest BCUT2D eigenvalue weighted by molar-refractivity contribution is 7.45. The van der Waals surface area contributed by atoms with Crippen LogP contribution in [0.5, 0.6) is 0 Å². The minimum atomic E-state index is -4.64. The summed E-state index contributed by atoms with van der Waals surface area (Å²) in [6, 6.07) is 0. The Balaban J connectivity index is 0. The Bertz CT molecular complexity index is 244. The molecule has 0 rings (SSSR count). The molecule has 4 atom stereocenters. The summed E-state index contributed by atoms with van der Waals surface area (Å²) in [7, 11) is -4.64. The second-order valence-corrected chi connectivity index (χ2v) is 4.51. The van der Waals surface area contributed by atoms with Crippen molar-refractivity contribution in [2.75, 3.05) is 13.2 Å². The van der Waals surface area contributed by atoms with Crippen molar-refractivity contribution in [1.29, 1.82) is 0 Å². The number of hydrogen-bond donors (Lipinski definition) is 10. The van der Waals surface area contributed by atoms with Crippen LogP contribution in [0.15, 0.2) is 0 Å². The third kappa shape index (κ3) is 11.4. The smallest absolute Gasteiger partial charge is 0.394 e. The van der Waals surface area contributed by atoms with E-state index >= 15 is 0 Å². The Labute approximate surface area is 107 Å². The van der Waals surface area contributed by atoms with Crippen molar-refractivity contribution in [2.24, 2.45) is 0 Å². The van der Waals surface area contributed by atoms with E-state index in [0.717, 1.165) is 0 Å². The molecule has 19 heavy (non-hydrogen) atoms. The quantitative estimate of drug-likeness (QED) is 0.209. The van der Waals surface area contributed by atoms with Crippen LogP contribution in [-0.4, -0.2) is 94.2 Å². The van der Waals surface area contributed by atoms with Crippen LogP contribution in [0.2, 0.25) is 0 Å². The van der Waals surface area contributed by atoms with Gasteiger partial charge < -0.3 is 50.4 Å². The molecule has 12 heteroatoms. The zero-order chi connectivity index (χ0) is 15.8. The lowest BCUT2D eigenvalue weighted by Gasteiger charge is -2.27. The van der Waals surface area contributed by atoms with Crippen LogP contribution in [0.25, 0.3) is 0 Å². The van der Waals surface area contributed by atoms with Gasteiger partial charge in [0.1, 0.15) is 30.5 Å². The van der Waals surface area contributed by atoms with Crippen molar-refractivity contribution in [1.82, 2.24) is 0 Å². The highest BCUT2D eigenvalue weighted by atomic mass is 31.2. The fraction of sp³-hybridized carbons (Fsp3) is 1.00. The molecule has 10 N–H and O–H groups in total. The molecule has 118 valence electrons. The molecule has 11 nitrogen and oxygen atoms in total. The fourth-order valence-electron chi connectivity index (χ4n) is 0.873. The van der Waals surface area contributed by atoms with E-state index in [2.05, 4.69) is 0 Å². The highest BCUT2D eigenvalue weighted by Crippen LogP contribution is 2.25. The van der Waals surface area contributed by atoms with Gasteiger partial charge in [-0.25, -0.2) is 4.57 Å². The minimum absolute atomic E-state index is 0.792. The number of rotatable bonds is 6. The molecule has 0 aromatic heterocycles. The fourth-order valence-corrected chi connectivity index (χ4v) is 0.873. The van der Waals surface area contributed by atoms with Gasteiger partial charge in [0.2, 0.25) is 0 Å². The van der Waals surface area contributed by atoms with Gasteiger partial charge in [-0.15, -0.1) is 0 Å². The van der Waals surface area contributed by atoms with Crippen LogP contribution in [-0.2, 0) is 4.57 Å². The Hall–Kier alpha value is -0.170. The first-order chi connectivity index (χ1) is 8.45. The molecule has 0 aliphatic heterocycles. The Morgan fingerprint density at radius 2 is 0.895 bits per heavy atom. The molecule has 0 amide bonds. The Morgan fingerprint density at radius 1 is 0.684 bits per heavy atom. The van der Waals surface area contributed by atoms with E-state index in [1.165, 1.54) is 0 Å². The van der Waals surface area contributed by atoms with Gasteiger partial charge in [-0.3, -0.25) is 0 Å². The molecule has 0 radical (unpaired) electrons. The van der Waals surface area contributed by atoms with E-state index in [1.54, 1.807) is 0 Å². The maximum Gasteiger partial charge on any atom is 0.466 e. The average Bonchev–Trinajstić information content (AvgIpc) is 2.31. The monoisotopic (exact) mass is 310 g/mol. The molecule has 0 aromatic rings. The van der Waals surface area contributed by atoms with E-state index < -0.39 is 51.6 Å². The van der Waals surface area contributed by atoms with Gasteiger partial charge >= 0.3 is 7.82 Å². The zero-order valence-corrected chi connectivity index (χ0v) is 10.5. The largest absolute Gasteiger partial charge is 0.466 e. The van der Waals surface area contributed by atoms with Crippen molar-refractivity contribution >= 4 is 7.82 Å².